The highest BCUT2D eigenvalue weighted by Crippen LogP contribution is 2.19. The predicted molar refractivity (Wildman–Crippen MR) is 72.2 cm³/mol. The molecule has 0 fully saturated rings. The molecule has 1 aromatic heterocycles. The molecule has 1 rings (SSSR count). The molecule has 0 aliphatic heterocycles. The summed E-state index contributed by atoms with van der Waals surface area (Å²) in [6.07, 6.45) is 3.45. The Kier molecular flexibility index (Phi) is 6.43. The lowest BCUT2D eigenvalue weighted by molar-refractivity contribution is 0.409. The van der Waals surface area contributed by atoms with E-state index in [1.807, 2.05) is 12.1 Å². The minimum atomic E-state index is 0.147. The number of nitrogens with two attached hydrogens (primary N) is 1. The number of pyridine rings is 1. The van der Waals surface area contributed by atoms with E-state index in [9.17, 15) is 0 Å². The molecule has 0 aliphatic rings. The largest absolute Gasteiger partial charge is 0.495 e. The lowest BCUT2D eigenvalue weighted by Gasteiger charge is -2.05. The van der Waals surface area contributed by atoms with Gasteiger partial charge in [-0.15, -0.1) is 0 Å². The first kappa shape index (κ1) is 14.1. The van der Waals surface area contributed by atoms with Crippen LogP contribution in [0.1, 0.15) is 5.69 Å². The number of methoxy groups -OCH3 is 1. The Hall–Kier alpha value is -1.94. The maximum Gasteiger partial charge on any atom is 0.202 e. The van der Waals surface area contributed by atoms with Gasteiger partial charge < -0.3 is 10.5 Å². The van der Waals surface area contributed by atoms with Gasteiger partial charge in [0, 0.05) is 17.7 Å². The van der Waals surface area contributed by atoms with Crippen LogP contribution in [-0.2, 0) is 5.75 Å². The summed E-state index contributed by atoms with van der Waals surface area (Å²) in [5, 5.41) is 10.6. The summed E-state index contributed by atoms with van der Waals surface area (Å²) in [6.45, 7) is 0.556. The molecule has 0 aliphatic carbocycles. The number of guanidine groups is 1. The molecule has 0 saturated carbocycles. The van der Waals surface area contributed by atoms with Crippen molar-refractivity contribution < 1.29 is 4.74 Å². The number of aliphatic imine (C=N–C) groups is 1. The average molecular weight is 265 g/mol. The highest BCUT2D eigenvalue weighted by atomic mass is 32.2. The number of thioether (sulfide) groups is 1. The maximum atomic E-state index is 8.30. The molecule has 18 heavy (non-hydrogen) atoms. The topological polar surface area (TPSA) is 96.3 Å². The van der Waals surface area contributed by atoms with Crippen molar-refractivity contribution in [2.45, 2.75) is 5.75 Å². The second kappa shape index (κ2) is 8.20. The fourth-order valence-electron chi connectivity index (χ4n) is 1.21. The van der Waals surface area contributed by atoms with Crippen molar-refractivity contribution in [1.29, 1.82) is 5.26 Å². The highest BCUT2D eigenvalue weighted by molar-refractivity contribution is 7.98. The predicted octanol–water partition coefficient (Wildman–Crippen LogP) is 0.709. The number of nitrogens with zero attached hydrogens (tertiary/aromatic N) is 3. The molecule has 0 saturated heterocycles. The third kappa shape index (κ3) is 4.93. The summed E-state index contributed by atoms with van der Waals surface area (Å²) < 4.78 is 5.20. The van der Waals surface area contributed by atoms with Crippen LogP contribution in [-0.4, -0.2) is 30.4 Å². The molecule has 3 N–H and O–H groups in total. The quantitative estimate of drug-likeness (QED) is 0.258. The second-order valence-electron chi connectivity index (χ2n) is 3.21. The van der Waals surface area contributed by atoms with Gasteiger partial charge in [-0.3, -0.25) is 15.3 Å². The van der Waals surface area contributed by atoms with Crippen molar-refractivity contribution in [2.24, 2.45) is 10.7 Å². The molecule has 1 aromatic rings. The zero-order chi connectivity index (χ0) is 13.2. The molecule has 0 bridgehead atoms. The average Bonchev–Trinajstić information content (AvgIpc) is 2.39. The first-order valence-corrected chi connectivity index (χ1v) is 6.44. The number of nitrogens with one attached hydrogen (secondary N) is 1. The molecule has 96 valence electrons. The standard InChI is InChI=1S/C11H15N5OS/c1-17-10-3-2-4-14-9(10)7-18-6-5-15-11(13)16-8-12/h2-4H,5-7H2,1H3,(H3,13,15,16). The van der Waals surface area contributed by atoms with Crippen LogP contribution in [0.15, 0.2) is 23.3 Å². The first-order chi connectivity index (χ1) is 8.77. The molecule has 7 heteroatoms. The van der Waals surface area contributed by atoms with Crippen LogP contribution in [0.4, 0.5) is 0 Å². The van der Waals surface area contributed by atoms with E-state index in [4.69, 9.17) is 15.7 Å². The Labute approximate surface area is 110 Å². The summed E-state index contributed by atoms with van der Waals surface area (Å²) in [4.78, 5) is 8.23. The summed E-state index contributed by atoms with van der Waals surface area (Å²) in [5.74, 6) is 2.49. The van der Waals surface area contributed by atoms with Gasteiger partial charge in [0.15, 0.2) is 6.19 Å². The number of aromatic nitrogens is 1. The van der Waals surface area contributed by atoms with E-state index in [1.54, 1.807) is 31.3 Å². The molecule has 0 aromatic carbocycles. The lowest BCUT2D eigenvalue weighted by Crippen LogP contribution is -2.27. The molecule has 0 radical (unpaired) electrons. The summed E-state index contributed by atoms with van der Waals surface area (Å²) in [6, 6.07) is 3.72. The van der Waals surface area contributed by atoms with Crippen LogP contribution < -0.4 is 15.8 Å². The van der Waals surface area contributed by atoms with Crippen LogP contribution in [0.25, 0.3) is 0 Å². The molecule has 0 atom stereocenters. The van der Waals surface area contributed by atoms with Gasteiger partial charge in [-0.05, 0) is 12.1 Å². The zero-order valence-electron chi connectivity index (χ0n) is 10.1. The molecule has 0 amide bonds. The van der Waals surface area contributed by atoms with Crippen LogP contribution in [0, 0.1) is 11.5 Å². The van der Waals surface area contributed by atoms with Gasteiger partial charge in [-0.2, -0.15) is 17.0 Å². The fourth-order valence-corrected chi connectivity index (χ4v) is 1.99. The van der Waals surface area contributed by atoms with E-state index in [-0.39, 0.29) is 5.96 Å². The Balaban J connectivity index is 2.30. The third-order valence-electron chi connectivity index (χ3n) is 2.01. The van der Waals surface area contributed by atoms with E-state index >= 15 is 0 Å². The SMILES string of the molecule is COc1cccnc1CSCCN=C(N)NC#N. The summed E-state index contributed by atoms with van der Waals surface area (Å²) in [7, 11) is 1.63. The number of ether oxygens (including phenoxy) is 1. The van der Waals surface area contributed by atoms with Crippen molar-refractivity contribution in [1.82, 2.24) is 10.3 Å². The maximum absolute atomic E-state index is 8.30. The smallest absolute Gasteiger partial charge is 0.202 e. The van der Waals surface area contributed by atoms with Gasteiger partial charge in [-0.1, -0.05) is 0 Å². The Morgan fingerprint density at radius 2 is 2.56 bits per heavy atom. The van der Waals surface area contributed by atoms with E-state index in [0.717, 1.165) is 22.9 Å². The number of nitriles is 1. The monoisotopic (exact) mass is 265 g/mol. The summed E-state index contributed by atoms with van der Waals surface area (Å²) in [5.41, 5.74) is 6.31. The van der Waals surface area contributed by atoms with E-state index in [1.165, 1.54) is 0 Å². The van der Waals surface area contributed by atoms with E-state index < -0.39 is 0 Å². The highest BCUT2D eigenvalue weighted by Gasteiger charge is 2.02. The van der Waals surface area contributed by atoms with Crippen molar-refractivity contribution in [3.8, 4) is 11.9 Å². The molecule has 0 spiro atoms. The number of hydrogen-bond acceptors (Lipinski definition) is 5. The van der Waals surface area contributed by atoms with Crippen LogP contribution in [0.3, 0.4) is 0 Å². The molecule has 1 heterocycles. The van der Waals surface area contributed by atoms with Gasteiger partial charge in [0.25, 0.3) is 0 Å². The Morgan fingerprint density at radius 1 is 1.72 bits per heavy atom. The third-order valence-corrected chi connectivity index (χ3v) is 2.96. The van der Waals surface area contributed by atoms with Crippen LogP contribution >= 0.6 is 11.8 Å². The number of hydrogen-bond donors (Lipinski definition) is 2. The zero-order valence-corrected chi connectivity index (χ0v) is 10.9. The van der Waals surface area contributed by atoms with E-state index in [2.05, 4.69) is 15.3 Å². The lowest BCUT2D eigenvalue weighted by atomic mass is 10.3. The van der Waals surface area contributed by atoms with Crippen LogP contribution in [0.2, 0.25) is 0 Å². The minimum Gasteiger partial charge on any atom is -0.495 e. The van der Waals surface area contributed by atoms with Crippen molar-refractivity contribution in [3.05, 3.63) is 24.0 Å². The second-order valence-corrected chi connectivity index (χ2v) is 4.31. The Bertz CT molecular complexity index is 443. The van der Waals surface area contributed by atoms with Gasteiger partial charge >= 0.3 is 0 Å². The molecular weight excluding hydrogens is 250 g/mol. The molecule has 6 nitrogen and oxygen atoms in total. The first-order valence-electron chi connectivity index (χ1n) is 5.28. The fraction of sp³-hybridized carbons (Fsp3) is 0.364. The molecular formula is C11H15N5OS. The van der Waals surface area contributed by atoms with Gasteiger partial charge in [0.05, 0.1) is 19.3 Å². The van der Waals surface area contributed by atoms with Gasteiger partial charge in [0.1, 0.15) is 5.75 Å². The van der Waals surface area contributed by atoms with Gasteiger partial charge in [-0.25, -0.2) is 0 Å². The summed E-state index contributed by atoms with van der Waals surface area (Å²) >= 11 is 1.68. The van der Waals surface area contributed by atoms with Crippen molar-refractivity contribution in [3.63, 3.8) is 0 Å². The van der Waals surface area contributed by atoms with E-state index in [0.29, 0.717) is 6.54 Å². The normalized spacial score (nSPS) is 10.8. The Morgan fingerprint density at radius 3 is 3.28 bits per heavy atom. The van der Waals surface area contributed by atoms with Crippen LogP contribution in [0.5, 0.6) is 5.75 Å². The van der Waals surface area contributed by atoms with Gasteiger partial charge in [0.2, 0.25) is 5.96 Å². The molecule has 0 unspecified atom stereocenters. The van der Waals surface area contributed by atoms with Crippen molar-refractivity contribution >= 4 is 17.7 Å². The van der Waals surface area contributed by atoms with Crippen molar-refractivity contribution in [2.75, 3.05) is 19.4 Å². The minimum absolute atomic E-state index is 0.147. The number of rotatable bonds is 6.